The molecule has 0 saturated carbocycles. The van der Waals surface area contributed by atoms with Crippen LogP contribution in [0, 0.1) is 5.82 Å². The molecule has 0 radical (unpaired) electrons. The molecule has 1 aliphatic heterocycles. The number of anilines is 2. The Hall–Kier alpha value is -3.91. The topological polar surface area (TPSA) is 92.9 Å². The number of primary amides is 1. The van der Waals surface area contributed by atoms with Crippen molar-refractivity contribution in [1.82, 2.24) is 0 Å². The number of fused-ring (bicyclic) bond motifs is 1. The maximum atomic E-state index is 13.6. The van der Waals surface area contributed by atoms with Gasteiger partial charge in [-0.1, -0.05) is 18.5 Å². The number of nitrogens with zero attached hydrogens (tertiary/aromatic N) is 2. The van der Waals surface area contributed by atoms with Crippen molar-refractivity contribution in [2.75, 3.05) is 16.4 Å². The lowest BCUT2D eigenvalue weighted by Crippen LogP contribution is -2.47. The third-order valence-electron chi connectivity index (χ3n) is 6.30. The molecule has 7 nitrogen and oxygen atoms in total. The second-order valence-corrected chi connectivity index (χ2v) is 9.29. The molecule has 2 N–H and O–H groups in total. The number of carbonyl (C=O) groups is 3. The fourth-order valence-corrected chi connectivity index (χ4v) is 4.74. The first-order valence-electron chi connectivity index (χ1n) is 11.9. The van der Waals surface area contributed by atoms with Gasteiger partial charge in [-0.2, -0.15) is 0 Å². The number of benzene rings is 3. The summed E-state index contributed by atoms with van der Waals surface area (Å²) < 4.78 is 19.0. The zero-order valence-electron chi connectivity index (χ0n) is 20.5. The average Bonchev–Trinajstić information content (AvgIpc) is 2.88. The molecule has 0 aromatic heterocycles. The molecule has 0 bridgehead atoms. The summed E-state index contributed by atoms with van der Waals surface area (Å²) in [6.45, 7) is 3.38. The van der Waals surface area contributed by atoms with E-state index in [0.717, 1.165) is 0 Å². The first kappa shape index (κ1) is 26.2. The van der Waals surface area contributed by atoms with E-state index in [1.54, 1.807) is 59.2 Å². The summed E-state index contributed by atoms with van der Waals surface area (Å²) in [7, 11) is 0. The van der Waals surface area contributed by atoms with Crippen molar-refractivity contribution in [3.8, 4) is 5.75 Å². The van der Waals surface area contributed by atoms with E-state index in [2.05, 4.69) is 0 Å². The smallest absolute Gasteiger partial charge is 0.258 e. The molecule has 0 saturated heterocycles. The van der Waals surface area contributed by atoms with Gasteiger partial charge >= 0.3 is 0 Å². The van der Waals surface area contributed by atoms with Gasteiger partial charge in [-0.15, -0.1) is 0 Å². The molecule has 0 spiro atoms. The predicted molar refractivity (Wildman–Crippen MR) is 140 cm³/mol. The number of hydrogen-bond donors (Lipinski definition) is 1. The average molecular weight is 524 g/mol. The van der Waals surface area contributed by atoms with Gasteiger partial charge in [0.15, 0.2) is 6.61 Å². The minimum atomic E-state index is -0.625. The monoisotopic (exact) mass is 523 g/mol. The van der Waals surface area contributed by atoms with Gasteiger partial charge in [0, 0.05) is 40.0 Å². The molecule has 192 valence electrons. The molecule has 0 aliphatic carbocycles. The van der Waals surface area contributed by atoms with Crippen molar-refractivity contribution in [2.45, 2.75) is 38.8 Å². The molecule has 37 heavy (non-hydrogen) atoms. The quantitative estimate of drug-likeness (QED) is 0.457. The van der Waals surface area contributed by atoms with Gasteiger partial charge in [0.2, 0.25) is 5.91 Å². The van der Waals surface area contributed by atoms with Crippen molar-refractivity contribution in [2.24, 2.45) is 5.73 Å². The van der Waals surface area contributed by atoms with E-state index in [4.69, 9.17) is 22.1 Å². The van der Waals surface area contributed by atoms with Crippen molar-refractivity contribution < 1.29 is 23.5 Å². The number of amides is 3. The Morgan fingerprint density at radius 1 is 1.08 bits per heavy atom. The summed E-state index contributed by atoms with van der Waals surface area (Å²) in [5.41, 5.74) is 7.52. The highest BCUT2D eigenvalue weighted by Gasteiger charge is 2.39. The van der Waals surface area contributed by atoms with E-state index in [1.807, 2.05) is 6.92 Å². The highest BCUT2D eigenvalue weighted by molar-refractivity contribution is 6.30. The van der Waals surface area contributed by atoms with Crippen LogP contribution in [-0.2, 0) is 9.59 Å². The van der Waals surface area contributed by atoms with Crippen molar-refractivity contribution in [3.05, 3.63) is 88.7 Å². The standard InChI is InChI=1S/C28H27ClFN3O4/c1-3-27(35)33(21-10-6-19(29)7-11-21)25-14-17(2)32(28(36)18-4-8-20(30)9-5-18)24-13-12-22(15-23(24)25)37-16-26(31)34/h4-13,15,17,25H,3,14,16H2,1-2H3,(H2,31,34). The highest BCUT2D eigenvalue weighted by Crippen LogP contribution is 2.44. The Labute approximate surface area is 219 Å². The van der Waals surface area contributed by atoms with E-state index in [-0.39, 0.29) is 30.9 Å². The van der Waals surface area contributed by atoms with Crippen LogP contribution in [0.5, 0.6) is 5.75 Å². The summed E-state index contributed by atoms with van der Waals surface area (Å²) in [5, 5.41) is 0.545. The van der Waals surface area contributed by atoms with Gasteiger partial charge in [0.25, 0.3) is 11.8 Å². The van der Waals surface area contributed by atoms with Crippen LogP contribution in [0.1, 0.15) is 48.7 Å². The number of nitrogens with two attached hydrogens (primary N) is 1. The Bertz CT molecular complexity index is 1310. The SMILES string of the molecule is CCC(=O)N(c1ccc(Cl)cc1)C1CC(C)N(C(=O)c2ccc(F)cc2)c2ccc(OCC(N)=O)cc21. The van der Waals surface area contributed by atoms with Crippen molar-refractivity contribution in [3.63, 3.8) is 0 Å². The van der Waals surface area contributed by atoms with Crippen LogP contribution < -0.4 is 20.3 Å². The first-order valence-corrected chi connectivity index (χ1v) is 12.3. The lowest BCUT2D eigenvalue weighted by atomic mass is 9.89. The van der Waals surface area contributed by atoms with Crippen molar-refractivity contribution >= 4 is 40.7 Å². The van der Waals surface area contributed by atoms with Gasteiger partial charge in [-0.05, 0) is 80.1 Å². The molecule has 1 heterocycles. The molecular weight excluding hydrogens is 497 g/mol. The van der Waals surface area contributed by atoms with E-state index in [1.165, 1.54) is 24.3 Å². The second-order valence-electron chi connectivity index (χ2n) is 8.85. The normalized spacial score (nSPS) is 16.6. The maximum absolute atomic E-state index is 13.6. The van der Waals surface area contributed by atoms with Gasteiger partial charge in [0.05, 0.1) is 6.04 Å². The minimum absolute atomic E-state index is 0.104. The zero-order valence-corrected chi connectivity index (χ0v) is 21.2. The van der Waals surface area contributed by atoms with E-state index >= 15 is 0 Å². The van der Waals surface area contributed by atoms with E-state index in [0.29, 0.717) is 39.7 Å². The number of carbonyl (C=O) groups excluding carboxylic acids is 3. The number of rotatable bonds is 7. The zero-order chi connectivity index (χ0) is 26.7. The molecule has 0 fully saturated rings. The summed E-state index contributed by atoms with van der Waals surface area (Å²) in [6, 6.07) is 16.8. The summed E-state index contributed by atoms with van der Waals surface area (Å²) in [4.78, 5) is 41.5. The second kappa shape index (κ2) is 11.0. The van der Waals surface area contributed by atoms with E-state index < -0.39 is 17.8 Å². The summed E-state index contributed by atoms with van der Waals surface area (Å²) >= 11 is 6.10. The largest absolute Gasteiger partial charge is 0.484 e. The van der Waals surface area contributed by atoms with Crippen LogP contribution in [0.3, 0.4) is 0 Å². The minimum Gasteiger partial charge on any atom is -0.484 e. The number of halogens is 2. The number of hydrogen-bond acceptors (Lipinski definition) is 4. The predicted octanol–water partition coefficient (Wildman–Crippen LogP) is 5.27. The van der Waals surface area contributed by atoms with Crippen LogP contribution in [0.2, 0.25) is 5.02 Å². The van der Waals surface area contributed by atoms with Gasteiger partial charge < -0.3 is 20.3 Å². The fraction of sp³-hybridized carbons (Fsp3) is 0.250. The Morgan fingerprint density at radius 2 is 1.76 bits per heavy atom. The third-order valence-corrected chi connectivity index (χ3v) is 6.55. The van der Waals surface area contributed by atoms with Crippen LogP contribution in [0.4, 0.5) is 15.8 Å². The lowest BCUT2D eigenvalue weighted by Gasteiger charge is -2.43. The molecule has 2 atom stereocenters. The maximum Gasteiger partial charge on any atom is 0.258 e. The third kappa shape index (κ3) is 5.59. The summed E-state index contributed by atoms with van der Waals surface area (Å²) in [5.74, 6) is -1.08. The molecular formula is C28H27ClFN3O4. The van der Waals surface area contributed by atoms with Crippen LogP contribution >= 0.6 is 11.6 Å². The molecule has 1 aliphatic rings. The summed E-state index contributed by atoms with van der Waals surface area (Å²) in [6.07, 6.45) is 0.687. The number of ether oxygens (including phenoxy) is 1. The van der Waals surface area contributed by atoms with Gasteiger partial charge in [-0.3, -0.25) is 14.4 Å². The Kier molecular flexibility index (Phi) is 7.78. The molecule has 3 aromatic carbocycles. The van der Waals surface area contributed by atoms with Gasteiger partial charge in [0.1, 0.15) is 11.6 Å². The van der Waals surface area contributed by atoms with Crippen molar-refractivity contribution in [1.29, 1.82) is 0 Å². The molecule has 4 rings (SSSR count). The van der Waals surface area contributed by atoms with Crippen LogP contribution in [0.15, 0.2) is 66.7 Å². The molecule has 2 unspecified atom stereocenters. The van der Waals surface area contributed by atoms with Crippen LogP contribution in [0.25, 0.3) is 0 Å². The van der Waals surface area contributed by atoms with E-state index in [9.17, 15) is 18.8 Å². The molecule has 9 heteroatoms. The fourth-order valence-electron chi connectivity index (χ4n) is 4.61. The van der Waals surface area contributed by atoms with Crippen LogP contribution in [-0.4, -0.2) is 30.4 Å². The lowest BCUT2D eigenvalue weighted by molar-refractivity contribution is -0.120. The highest BCUT2D eigenvalue weighted by atomic mass is 35.5. The Balaban J connectivity index is 1.84. The molecule has 3 aromatic rings. The first-order chi connectivity index (χ1) is 17.7. The van der Waals surface area contributed by atoms with Gasteiger partial charge in [-0.25, -0.2) is 4.39 Å². The molecule has 3 amide bonds. The Morgan fingerprint density at radius 3 is 2.38 bits per heavy atom.